The highest BCUT2D eigenvalue weighted by atomic mass is 32.2. The molecule has 1 aliphatic carbocycles. The zero-order valence-corrected chi connectivity index (χ0v) is 13.9. The molecule has 1 aliphatic rings. The minimum Gasteiger partial charge on any atom is -0.455 e. The highest BCUT2D eigenvalue weighted by molar-refractivity contribution is 7.89. The average Bonchev–Trinajstić information content (AvgIpc) is 2.43. The molecule has 0 radical (unpaired) electrons. The summed E-state index contributed by atoms with van der Waals surface area (Å²) in [5, 5.41) is 2.52. The third-order valence-corrected chi connectivity index (χ3v) is 5.49. The van der Waals surface area contributed by atoms with E-state index in [2.05, 4.69) is 5.32 Å². The Balaban J connectivity index is 1.94. The van der Waals surface area contributed by atoms with Crippen LogP contribution in [0.25, 0.3) is 0 Å². The molecule has 1 N–H and O–H groups in total. The minimum absolute atomic E-state index is 0.0757. The fourth-order valence-electron chi connectivity index (χ4n) is 2.04. The summed E-state index contributed by atoms with van der Waals surface area (Å²) in [5.41, 5.74) is 0.331. The number of carbonyl (C=O) groups excluding carboxylic acids is 2. The summed E-state index contributed by atoms with van der Waals surface area (Å²) in [6.45, 7) is -0.375. The van der Waals surface area contributed by atoms with Gasteiger partial charge in [-0.2, -0.15) is 0 Å². The van der Waals surface area contributed by atoms with E-state index in [4.69, 9.17) is 4.74 Å². The number of esters is 1. The molecule has 1 amide bonds. The first-order chi connectivity index (χ1) is 10.8. The number of hydrogen-bond acceptors (Lipinski definition) is 5. The molecule has 1 saturated carbocycles. The van der Waals surface area contributed by atoms with Crippen molar-refractivity contribution in [2.24, 2.45) is 5.92 Å². The van der Waals surface area contributed by atoms with E-state index in [1.807, 2.05) is 0 Å². The molecule has 8 heteroatoms. The molecule has 7 nitrogen and oxygen atoms in total. The molecule has 1 aromatic carbocycles. The third kappa shape index (κ3) is 4.29. The average molecular weight is 340 g/mol. The normalized spacial score (nSPS) is 15.1. The van der Waals surface area contributed by atoms with Gasteiger partial charge in [-0.15, -0.1) is 0 Å². The van der Waals surface area contributed by atoms with Crippen LogP contribution in [0, 0.1) is 5.92 Å². The van der Waals surface area contributed by atoms with Crippen LogP contribution in [0.15, 0.2) is 29.2 Å². The predicted octanol–water partition coefficient (Wildman–Crippen LogP) is 1.22. The van der Waals surface area contributed by atoms with E-state index in [9.17, 15) is 18.0 Å². The van der Waals surface area contributed by atoms with Crippen LogP contribution < -0.4 is 5.32 Å². The molecule has 0 aromatic heterocycles. The first-order valence-corrected chi connectivity index (χ1v) is 8.74. The molecule has 0 spiro atoms. The van der Waals surface area contributed by atoms with E-state index in [-0.39, 0.29) is 23.4 Å². The Morgan fingerprint density at radius 2 is 2.00 bits per heavy atom. The van der Waals surface area contributed by atoms with Crippen molar-refractivity contribution in [3.63, 3.8) is 0 Å². The lowest BCUT2D eigenvalue weighted by atomic mass is 9.86. The quantitative estimate of drug-likeness (QED) is 0.786. The van der Waals surface area contributed by atoms with Gasteiger partial charge in [0.1, 0.15) is 0 Å². The van der Waals surface area contributed by atoms with Crippen molar-refractivity contribution >= 4 is 27.6 Å². The van der Waals surface area contributed by atoms with Crippen molar-refractivity contribution in [2.75, 3.05) is 26.0 Å². The Bertz CT molecular complexity index is 696. The van der Waals surface area contributed by atoms with Gasteiger partial charge in [-0.05, 0) is 31.0 Å². The number of nitrogens with one attached hydrogen (secondary N) is 1. The molecule has 23 heavy (non-hydrogen) atoms. The molecule has 0 unspecified atom stereocenters. The van der Waals surface area contributed by atoms with Crippen LogP contribution in [-0.4, -0.2) is 45.3 Å². The first kappa shape index (κ1) is 17.4. The standard InChI is InChI=1S/C15H20N2O5S/c1-17(2)23(20,21)13-8-4-7-12(9-13)16-14(18)10-22-15(19)11-5-3-6-11/h4,7-9,11H,3,5-6,10H2,1-2H3,(H,16,18). The molecule has 1 fully saturated rings. The number of carbonyl (C=O) groups is 2. The van der Waals surface area contributed by atoms with Crippen LogP contribution in [0.1, 0.15) is 19.3 Å². The summed E-state index contributed by atoms with van der Waals surface area (Å²) in [6, 6.07) is 5.91. The van der Waals surface area contributed by atoms with Gasteiger partial charge in [0.15, 0.2) is 6.61 Å². The lowest BCUT2D eigenvalue weighted by Crippen LogP contribution is -2.28. The molecule has 0 aliphatic heterocycles. The Morgan fingerprint density at radius 3 is 2.57 bits per heavy atom. The second-order valence-corrected chi connectivity index (χ2v) is 7.75. The first-order valence-electron chi connectivity index (χ1n) is 7.30. The van der Waals surface area contributed by atoms with Crippen LogP contribution >= 0.6 is 0 Å². The van der Waals surface area contributed by atoms with Gasteiger partial charge in [-0.1, -0.05) is 12.5 Å². The van der Waals surface area contributed by atoms with Crippen molar-refractivity contribution in [2.45, 2.75) is 24.2 Å². The maximum atomic E-state index is 12.0. The molecule has 0 heterocycles. The third-order valence-electron chi connectivity index (χ3n) is 3.68. The van der Waals surface area contributed by atoms with E-state index in [0.29, 0.717) is 5.69 Å². The zero-order valence-electron chi connectivity index (χ0n) is 13.1. The van der Waals surface area contributed by atoms with Crippen LogP contribution in [0.2, 0.25) is 0 Å². The minimum atomic E-state index is -3.57. The van der Waals surface area contributed by atoms with Crippen LogP contribution in [-0.2, 0) is 24.3 Å². The Kier molecular flexibility index (Phi) is 5.38. The number of hydrogen-bond donors (Lipinski definition) is 1. The van der Waals surface area contributed by atoms with Gasteiger partial charge in [-0.25, -0.2) is 12.7 Å². The predicted molar refractivity (Wildman–Crippen MR) is 84.2 cm³/mol. The smallest absolute Gasteiger partial charge is 0.309 e. The molecule has 126 valence electrons. The largest absolute Gasteiger partial charge is 0.455 e. The molecule has 0 bridgehead atoms. The van der Waals surface area contributed by atoms with Gasteiger partial charge in [-0.3, -0.25) is 9.59 Å². The monoisotopic (exact) mass is 340 g/mol. The Morgan fingerprint density at radius 1 is 1.30 bits per heavy atom. The van der Waals surface area contributed by atoms with Gasteiger partial charge in [0.25, 0.3) is 5.91 Å². The van der Waals surface area contributed by atoms with Gasteiger partial charge >= 0.3 is 5.97 Å². The second-order valence-electron chi connectivity index (χ2n) is 5.60. The van der Waals surface area contributed by atoms with E-state index < -0.39 is 15.9 Å². The highest BCUT2D eigenvalue weighted by Gasteiger charge is 2.27. The zero-order chi connectivity index (χ0) is 17.0. The summed E-state index contributed by atoms with van der Waals surface area (Å²) in [7, 11) is -0.709. The number of benzene rings is 1. The van der Waals surface area contributed by atoms with Gasteiger partial charge in [0.2, 0.25) is 10.0 Å². The second kappa shape index (κ2) is 7.10. The van der Waals surface area contributed by atoms with E-state index in [0.717, 1.165) is 23.6 Å². The van der Waals surface area contributed by atoms with Crippen molar-refractivity contribution < 1.29 is 22.7 Å². The molecular formula is C15H20N2O5S. The number of amides is 1. The summed E-state index contributed by atoms with van der Waals surface area (Å²) >= 11 is 0. The number of nitrogens with zero attached hydrogens (tertiary/aromatic N) is 1. The van der Waals surface area contributed by atoms with Crippen LogP contribution in [0.4, 0.5) is 5.69 Å². The maximum absolute atomic E-state index is 12.0. The number of sulfonamides is 1. The molecule has 2 rings (SSSR count). The van der Waals surface area contributed by atoms with Crippen molar-refractivity contribution in [3.05, 3.63) is 24.3 Å². The van der Waals surface area contributed by atoms with Gasteiger partial charge < -0.3 is 10.1 Å². The SMILES string of the molecule is CN(C)S(=O)(=O)c1cccc(NC(=O)COC(=O)C2CCC2)c1. The molecule has 1 aromatic rings. The topological polar surface area (TPSA) is 92.8 Å². The van der Waals surface area contributed by atoms with E-state index in [1.54, 1.807) is 6.07 Å². The summed E-state index contributed by atoms with van der Waals surface area (Å²) in [4.78, 5) is 23.4. The number of anilines is 1. The molecular weight excluding hydrogens is 320 g/mol. The fraction of sp³-hybridized carbons (Fsp3) is 0.467. The van der Waals surface area contributed by atoms with Crippen molar-refractivity contribution in [1.82, 2.24) is 4.31 Å². The van der Waals surface area contributed by atoms with Gasteiger partial charge in [0, 0.05) is 19.8 Å². The summed E-state index contributed by atoms with van der Waals surface area (Å²) < 4.78 is 30.1. The number of ether oxygens (including phenoxy) is 1. The van der Waals surface area contributed by atoms with E-state index >= 15 is 0 Å². The Labute approximate surface area is 135 Å². The van der Waals surface area contributed by atoms with Gasteiger partial charge in [0.05, 0.1) is 10.8 Å². The lowest BCUT2D eigenvalue weighted by molar-refractivity contribution is -0.154. The summed E-state index contributed by atoms with van der Waals surface area (Å²) in [5.74, 6) is -0.941. The fourth-order valence-corrected chi connectivity index (χ4v) is 2.99. The van der Waals surface area contributed by atoms with Crippen molar-refractivity contribution in [1.29, 1.82) is 0 Å². The maximum Gasteiger partial charge on any atom is 0.309 e. The molecule has 0 atom stereocenters. The van der Waals surface area contributed by atoms with E-state index in [1.165, 1.54) is 32.3 Å². The lowest BCUT2D eigenvalue weighted by Gasteiger charge is -2.22. The molecule has 0 saturated heterocycles. The summed E-state index contributed by atoms with van der Waals surface area (Å²) in [6.07, 6.45) is 2.63. The highest BCUT2D eigenvalue weighted by Crippen LogP contribution is 2.27. The number of rotatable bonds is 6. The van der Waals surface area contributed by atoms with Crippen LogP contribution in [0.3, 0.4) is 0 Å². The van der Waals surface area contributed by atoms with Crippen LogP contribution in [0.5, 0.6) is 0 Å². The Hall–Kier alpha value is -1.93. The van der Waals surface area contributed by atoms with Crippen molar-refractivity contribution in [3.8, 4) is 0 Å².